The lowest BCUT2D eigenvalue weighted by Gasteiger charge is -2.34. The van der Waals surface area contributed by atoms with Crippen molar-refractivity contribution in [3.63, 3.8) is 0 Å². The third-order valence-corrected chi connectivity index (χ3v) is 5.17. The molecule has 1 aliphatic carbocycles. The summed E-state index contributed by atoms with van der Waals surface area (Å²) in [5.74, 6) is 0.837. The second kappa shape index (κ2) is 4.27. The van der Waals surface area contributed by atoms with Gasteiger partial charge in [-0.15, -0.1) is 0 Å². The number of hydrogen-bond acceptors (Lipinski definition) is 2. The SMILES string of the molecule is CC1CCCCN1C(=O)C1CC12CCNCC2. The Balaban J connectivity index is 1.63. The Bertz CT molecular complexity index is 309. The summed E-state index contributed by atoms with van der Waals surface area (Å²) in [6.07, 6.45) is 7.29. The number of rotatable bonds is 1. The van der Waals surface area contributed by atoms with E-state index in [0.29, 0.717) is 23.3 Å². The predicted octanol–water partition coefficient (Wildman–Crippen LogP) is 1.78. The number of piperidine rings is 2. The van der Waals surface area contributed by atoms with E-state index in [1.165, 1.54) is 32.1 Å². The first kappa shape index (κ1) is 11.5. The van der Waals surface area contributed by atoms with Crippen LogP contribution in [0.2, 0.25) is 0 Å². The fourth-order valence-electron chi connectivity index (χ4n) is 3.80. The Morgan fingerprint density at radius 1 is 1.29 bits per heavy atom. The van der Waals surface area contributed by atoms with Crippen LogP contribution in [0.4, 0.5) is 0 Å². The summed E-state index contributed by atoms with van der Waals surface area (Å²) in [5, 5.41) is 3.40. The van der Waals surface area contributed by atoms with Crippen LogP contribution in [0.15, 0.2) is 0 Å². The maximum Gasteiger partial charge on any atom is 0.226 e. The molecule has 0 aromatic rings. The number of likely N-dealkylation sites (tertiary alicyclic amines) is 1. The summed E-state index contributed by atoms with van der Waals surface area (Å²) in [6.45, 7) is 5.44. The molecule has 1 N–H and O–H groups in total. The molecule has 2 unspecified atom stereocenters. The van der Waals surface area contributed by atoms with E-state index in [4.69, 9.17) is 0 Å². The van der Waals surface area contributed by atoms with Gasteiger partial charge in [0.15, 0.2) is 0 Å². The van der Waals surface area contributed by atoms with Crippen LogP contribution in [-0.2, 0) is 4.79 Å². The second-order valence-electron chi connectivity index (χ2n) is 6.25. The Hall–Kier alpha value is -0.570. The minimum Gasteiger partial charge on any atom is -0.340 e. The fraction of sp³-hybridized carbons (Fsp3) is 0.929. The molecule has 0 aromatic carbocycles. The van der Waals surface area contributed by atoms with E-state index >= 15 is 0 Å². The number of nitrogens with zero attached hydrogens (tertiary/aromatic N) is 1. The number of nitrogens with one attached hydrogen (secondary N) is 1. The number of carbonyl (C=O) groups is 1. The maximum atomic E-state index is 12.5. The van der Waals surface area contributed by atoms with E-state index in [1.54, 1.807) is 0 Å². The van der Waals surface area contributed by atoms with E-state index in [9.17, 15) is 4.79 Å². The molecule has 1 saturated carbocycles. The molecule has 3 aliphatic rings. The predicted molar refractivity (Wildman–Crippen MR) is 67.7 cm³/mol. The zero-order valence-corrected chi connectivity index (χ0v) is 10.9. The first-order valence-electron chi connectivity index (χ1n) is 7.24. The van der Waals surface area contributed by atoms with E-state index < -0.39 is 0 Å². The van der Waals surface area contributed by atoms with E-state index in [-0.39, 0.29) is 0 Å². The Kier molecular flexibility index (Phi) is 2.89. The van der Waals surface area contributed by atoms with Gasteiger partial charge in [0, 0.05) is 18.5 Å². The van der Waals surface area contributed by atoms with Crippen molar-refractivity contribution in [2.24, 2.45) is 11.3 Å². The van der Waals surface area contributed by atoms with Crippen LogP contribution < -0.4 is 5.32 Å². The van der Waals surface area contributed by atoms with Crippen molar-refractivity contribution >= 4 is 5.91 Å². The van der Waals surface area contributed by atoms with Crippen molar-refractivity contribution in [3.05, 3.63) is 0 Å². The lowest BCUT2D eigenvalue weighted by atomic mass is 9.91. The molecule has 2 atom stereocenters. The zero-order chi connectivity index (χ0) is 11.9. The molecule has 3 heteroatoms. The van der Waals surface area contributed by atoms with Gasteiger partial charge in [0.05, 0.1) is 0 Å². The van der Waals surface area contributed by atoms with Crippen molar-refractivity contribution in [2.45, 2.75) is 51.5 Å². The number of hydrogen-bond donors (Lipinski definition) is 1. The van der Waals surface area contributed by atoms with E-state index in [1.807, 2.05) is 0 Å². The summed E-state index contributed by atoms with van der Waals surface area (Å²) in [4.78, 5) is 14.7. The highest BCUT2D eigenvalue weighted by molar-refractivity contribution is 5.83. The van der Waals surface area contributed by atoms with Crippen LogP contribution in [0, 0.1) is 11.3 Å². The molecule has 0 radical (unpaired) electrons. The van der Waals surface area contributed by atoms with Gasteiger partial charge >= 0.3 is 0 Å². The molecule has 2 heterocycles. The van der Waals surface area contributed by atoms with Crippen molar-refractivity contribution in [1.29, 1.82) is 0 Å². The fourth-order valence-corrected chi connectivity index (χ4v) is 3.80. The molecule has 3 nitrogen and oxygen atoms in total. The Morgan fingerprint density at radius 3 is 2.76 bits per heavy atom. The van der Waals surface area contributed by atoms with Gasteiger partial charge < -0.3 is 10.2 Å². The summed E-state index contributed by atoms with van der Waals surface area (Å²) in [5.41, 5.74) is 0.402. The van der Waals surface area contributed by atoms with Crippen molar-refractivity contribution in [1.82, 2.24) is 10.2 Å². The smallest absolute Gasteiger partial charge is 0.226 e. The minimum absolute atomic E-state index is 0.366. The average molecular weight is 236 g/mol. The Morgan fingerprint density at radius 2 is 2.06 bits per heavy atom. The molecule has 17 heavy (non-hydrogen) atoms. The van der Waals surface area contributed by atoms with Gasteiger partial charge in [0.2, 0.25) is 5.91 Å². The quantitative estimate of drug-likeness (QED) is 0.752. The summed E-state index contributed by atoms with van der Waals surface area (Å²) in [6, 6.07) is 0.482. The van der Waals surface area contributed by atoms with Gasteiger partial charge in [-0.1, -0.05) is 0 Å². The van der Waals surface area contributed by atoms with Gasteiger partial charge in [0.25, 0.3) is 0 Å². The molecular formula is C14H24N2O. The van der Waals surface area contributed by atoms with Crippen LogP contribution in [0.25, 0.3) is 0 Å². The zero-order valence-electron chi connectivity index (χ0n) is 10.9. The first-order chi connectivity index (χ1) is 8.23. The minimum atomic E-state index is 0.366. The maximum absolute atomic E-state index is 12.5. The Labute approximate surface area is 104 Å². The van der Waals surface area contributed by atoms with E-state index in [2.05, 4.69) is 17.1 Å². The highest BCUT2D eigenvalue weighted by Crippen LogP contribution is 2.59. The van der Waals surface area contributed by atoms with Crippen LogP contribution in [0.5, 0.6) is 0 Å². The van der Waals surface area contributed by atoms with Crippen LogP contribution in [0.3, 0.4) is 0 Å². The summed E-state index contributed by atoms with van der Waals surface area (Å²) in [7, 11) is 0. The molecule has 2 saturated heterocycles. The van der Waals surface area contributed by atoms with E-state index in [0.717, 1.165) is 26.1 Å². The molecule has 2 aliphatic heterocycles. The summed E-state index contributed by atoms with van der Waals surface area (Å²) < 4.78 is 0. The third kappa shape index (κ3) is 1.99. The molecule has 1 amide bonds. The molecule has 96 valence electrons. The average Bonchev–Trinajstić information content (AvgIpc) is 3.04. The summed E-state index contributed by atoms with van der Waals surface area (Å²) >= 11 is 0. The van der Waals surface area contributed by atoms with Crippen LogP contribution in [-0.4, -0.2) is 36.5 Å². The molecule has 0 bridgehead atoms. The van der Waals surface area contributed by atoms with Crippen molar-refractivity contribution in [2.75, 3.05) is 19.6 Å². The molecule has 3 rings (SSSR count). The normalized spacial score (nSPS) is 35.9. The van der Waals surface area contributed by atoms with Crippen molar-refractivity contribution < 1.29 is 4.79 Å². The first-order valence-corrected chi connectivity index (χ1v) is 7.24. The number of carbonyl (C=O) groups excluding carboxylic acids is 1. The van der Waals surface area contributed by atoms with Crippen LogP contribution in [0.1, 0.15) is 45.4 Å². The largest absolute Gasteiger partial charge is 0.340 e. The lowest BCUT2D eigenvalue weighted by Crippen LogP contribution is -2.44. The topological polar surface area (TPSA) is 32.3 Å². The van der Waals surface area contributed by atoms with Gasteiger partial charge in [-0.3, -0.25) is 4.79 Å². The van der Waals surface area contributed by atoms with Gasteiger partial charge in [-0.25, -0.2) is 0 Å². The molecular weight excluding hydrogens is 212 g/mol. The highest BCUT2D eigenvalue weighted by atomic mass is 16.2. The molecule has 0 aromatic heterocycles. The third-order valence-electron chi connectivity index (χ3n) is 5.17. The van der Waals surface area contributed by atoms with Crippen molar-refractivity contribution in [3.8, 4) is 0 Å². The lowest BCUT2D eigenvalue weighted by molar-refractivity contribution is -0.136. The highest BCUT2D eigenvalue weighted by Gasteiger charge is 2.58. The monoisotopic (exact) mass is 236 g/mol. The van der Waals surface area contributed by atoms with Crippen LogP contribution >= 0.6 is 0 Å². The standard InChI is InChI=1S/C14H24N2O/c1-11-4-2-3-9-16(11)13(17)12-10-14(12)5-7-15-8-6-14/h11-12,15H,2-10H2,1H3. The van der Waals surface area contributed by atoms with Gasteiger partial charge in [0.1, 0.15) is 0 Å². The molecule has 3 fully saturated rings. The molecule has 1 spiro atoms. The number of amides is 1. The van der Waals surface area contributed by atoms with Gasteiger partial charge in [-0.05, 0) is 64.0 Å². The van der Waals surface area contributed by atoms with Gasteiger partial charge in [-0.2, -0.15) is 0 Å². The second-order valence-corrected chi connectivity index (χ2v) is 6.25.